The summed E-state index contributed by atoms with van der Waals surface area (Å²) < 4.78 is 10.8. The molecular formula is C24H31N3O3. The maximum absolute atomic E-state index is 13.0. The molecule has 2 aliphatic rings. The second kappa shape index (κ2) is 8.96. The van der Waals surface area contributed by atoms with E-state index in [1.807, 2.05) is 17.0 Å². The van der Waals surface area contributed by atoms with Crippen molar-refractivity contribution in [3.63, 3.8) is 0 Å². The molecule has 0 radical (unpaired) electrons. The molecule has 0 atom stereocenters. The fourth-order valence-corrected chi connectivity index (χ4v) is 4.45. The van der Waals surface area contributed by atoms with Crippen LogP contribution in [0.15, 0.2) is 36.4 Å². The standard InChI is InChI=1S/C24H31N3O3/c1-18-6-4-5-7-21(18)26-12-10-25(11-13-26)17-24(28)27-9-8-19-14-22(29-2)23(30-3)15-20(19)16-27/h4-7,14-15H,8-13,16-17H2,1-3H3. The molecule has 1 fully saturated rings. The van der Waals surface area contributed by atoms with E-state index in [9.17, 15) is 4.79 Å². The normalized spacial score (nSPS) is 16.9. The third-order valence-electron chi connectivity index (χ3n) is 6.26. The van der Waals surface area contributed by atoms with E-state index >= 15 is 0 Å². The van der Waals surface area contributed by atoms with Gasteiger partial charge in [-0.05, 0) is 48.2 Å². The van der Waals surface area contributed by atoms with Crippen molar-refractivity contribution in [2.75, 3.05) is 58.4 Å². The zero-order chi connectivity index (χ0) is 21.1. The van der Waals surface area contributed by atoms with E-state index in [-0.39, 0.29) is 5.91 Å². The Labute approximate surface area is 179 Å². The summed E-state index contributed by atoms with van der Waals surface area (Å²) in [5.74, 6) is 1.68. The molecule has 1 amide bonds. The van der Waals surface area contributed by atoms with Crippen LogP contribution in [0.4, 0.5) is 5.69 Å². The van der Waals surface area contributed by atoms with Crippen molar-refractivity contribution in [3.05, 3.63) is 53.1 Å². The molecule has 4 rings (SSSR count). The van der Waals surface area contributed by atoms with Gasteiger partial charge in [-0.15, -0.1) is 0 Å². The SMILES string of the molecule is COc1cc2c(cc1OC)CN(C(=O)CN1CCN(c3ccccc3C)CC1)CC2. The predicted molar refractivity (Wildman–Crippen MR) is 118 cm³/mol. The first kappa shape index (κ1) is 20.5. The molecule has 2 aromatic rings. The summed E-state index contributed by atoms with van der Waals surface area (Å²) in [4.78, 5) is 19.7. The highest BCUT2D eigenvalue weighted by atomic mass is 16.5. The molecule has 2 aromatic carbocycles. The summed E-state index contributed by atoms with van der Waals surface area (Å²) in [6.07, 6.45) is 0.850. The number of aryl methyl sites for hydroxylation is 1. The van der Waals surface area contributed by atoms with Gasteiger partial charge in [0, 0.05) is 45.0 Å². The summed E-state index contributed by atoms with van der Waals surface area (Å²) in [6.45, 7) is 7.78. The molecule has 0 aliphatic carbocycles. The Morgan fingerprint density at radius 1 is 0.933 bits per heavy atom. The number of hydrogen-bond acceptors (Lipinski definition) is 5. The average Bonchev–Trinajstić information content (AvgIpc) is 2.78. The summed E-state index contributed by atoms with van der Waals surface area (Å²) in [5.41, 5.74) is 5.00. The Bertz CT molecular complexity index is 907. The first-order valence-corrected chi connectivity index (χ1v) is 10.6. The van der Waals surface area contributed by atoms with Crippen LogP contribution in [0.5, 0.6) is 11.5 Å². The van der Waals surface area contributed by atoms with Gasteiger partial charge in [-0.25, -0.2) is 0 Å². The van der Waals surface area contributed by atoms with Gasteiger partial charge < -0.3 is 19.3 Å². The molecule has 30 heavy (non-hydrogen) atoms. The minimum Gasteiger partial charge on any atom is -0.493 e. The van der Waals surface area contributed by atoms with E-state index in [0.29, 0.717) is 13.1 Å². The highest BCUT2D eigenvalue weighted by Gasteiger charge is 2.26. The van der Waals surface area contributed by atoms with Crippen molar-refractivity contribution in [2.24, 2.45) is 0 Å². The topological polar surface area (TPSA) is 45.3 Å². The van der Waals surface area contributed by atoms with Crippen LogP contribution in [-0.2, 0) is 17.8 Å². The van der Waals surface area contributed by atoms with Crippen LogP contribution in [0.2, 0.25) is 0 Å². The third kappa shape index (κ3) is 4.24. The predicted octanol–water partition coefficient (Wildman–Crippen LogP) is 2.72. The first-order valence-electron chi connectivity index (χ1n) is 10.6. The number of amides is 1. The zero-order valence-electron chi connectivity index (χ0n) is 18.2. The first-order chi connectivity index (χ1) is 14.6. The van der Waals surface area contributed by atoms with Crippen LogP contribution in [-0.4, -0.2) is 69.2 Å². The smallest absolute Gasteiger partial charge is 0.237 e. The number of carbonyl (C=O) groups is 1. The van der Waals surface area contributed by atoms with Crippen LogP contribution >= 0.6 is 0 Å². The van der Waals surface area contributed by atoms with Gasteiger partial charge in [0.15, 0.2) is 11.5 Å². The summed E-state index contributed by atoms with van der Waals surface area (Å²) in [7, 11) is 3.30. The molecule has 0 spiro atoms. The van der Waals surface area contributed by atoms with Crippen LogP contribution in [0.25, 0.3) is 0 Å². The Morgan fingerprint density at radius 3 is 2.27 bits per heavy atom. The minimum atomic E-state index is 0.208. The van der Waals surface area contributed by atoms with Gasteiger partial charge >= 0.3 is 0 Å². The lowest BCUT2D eigenvalue weighted by atomic mass is 9.98. The molecule has 2 heterocycles. The number of piperazine rings is 1. The maximum Gasteiger partial charge on any atom is 0.237 e. The quantitative estimate of drug-likeness (QED) is 0.760. The van der Waals surface area contributed by atoms with E-state index in [1.54, 1.807) is 14.2 Å². The Balaban J connectivity index is 1.34. The lowest BCUT2D eigenvalue weighted by Gasteiger charge is -2.38. The minimum absolute atomic E-state index is 0.208. The second-order valence-corrected chi connectivity index (χ2v) is 8.09. The van der Waals surface area contributed by atoms with E-state index in [2.05, 4.69) is 41.0 Å². The van der Waals surface area contributed by atoms with Crippen molar-refractivity contribution in [2.45, 2.75) is 19.9 Å². The fourth-order valence-electron chi connectivity index (χ4n) is 4.45. The van der Waals surface area contributed by atoms with E-state index in [1.165, 1.54) is 16.8 Å². The maximum atomic E-state index is 13.0. The van der Waals surface area contributed by atoms with Crippen LogP contribution in [0.1, 0.15) is 16.7 Å². The molecule has 1 saturated heterocycles. The van der Waals surface area contributed by atoms with Gasteiger partial charge in [0.25, 0.3) is 0 Å². The monoisotopic (exact) mass is 409 g/mol. The van der Waals surface area contributed by atoms with Crippen LogP contribution in [0, 0.1) is 6.92 Å². The third-order valence-corrected chi connectivity index (χ3v) is 6.26. The largest absolute Gasteiger partial charge is 0.493 e. The molecular weight excluding hydrogens is 378 g/mol. The average molecular weight is 410 g/mol. The molecule has 0 saturated carbocycles. The number of benzene rings is 2. The number of para-hydroxylation sites is 1. The summed E-state index contributed by atoms with van der Waals surface area (Å²) in [5, 5.41) is 0. The van der Waals surface area contributed by atoms with Gasteiger partial charge in [-0.2, -0.15) is 0 Å². The summed E-state index contributed by atoms with van der Waals surface area (Å²) >= 11 is 0. The Morgan fingerprint density at radius 2 is 1.60 bits per heavy atom. The number of nitrogens with zero attached hydrogens (tertiary/aromatic N) is 3. The Kier molecular flexibility index (Phi) is 6.13. The number of hydrogen-bond donors (Lipinski definition) is 0. The van der Waals surface area contributed by atoms with Crippen molar-refractivity contribution in [1.29, 1.82) is 0 Å². The molecule has 0 unspecified atom stereocenters. The van der Waals surface area contributed by atoms with Crippen molar-refractivity contribution in [1.82, 2.24) is 9.80 Å². The van der Waals surface area contributed by atoms with Gasteiger partial charge in [0.1, 0.15) is 0 Å². The number of rotatable bonds is 5. The molecule has 0 bridgehead atoms. The van der Waals surface area contributed by atoms with Crippen LogP contribution < -0.4 is 14.4 Å². The van der Waals surface area contributed by atoms with Crippen molar-refractivity contribution < 1.29 is 14.3 Å². The van der Waals surface area contributed by atoms with Gasteiger partial charge in [-0.1, -0.05) is 18.2 Å². The molecule has 0 aromatic heterocycles. The van der Waals surface area contributed by atoms with E-state index < -0.39 is 0 Å². The van der Waals surface area contributed by atoms with E-state index in [0.717, 1.165) is 56.2 Å². The molecule has 6 heteroatoms. The lowest BCUT2D eigenvalue weighted by Crippen LogP contribution is -2.50. The molecule has 2 aliphatic heterocycles. The zero-order valence-corrected chi connectivity index (χ0v) is 18.2. The van der Waals surface area contributed by atoms with Gasteiger partial charge in [0.05, 0.1) is 20.8 Å². The summed E-state index contributed by atoms with van der Waals surface area (Å²) in [6, 6.07) is 12.6. The number of fused-ring (bicyclic) bond motifs is 1. The highest BCUT2D eigenvalue weighted by Crippen LogP contribution is 2.33. The molecule has 0 N–H and O–H groups in total. The number of anilines is 1. The lowest BCUT2D eigenvalue weighted by molar-refractivity contribution is -0.133. The number of carbonyl (C=O) groups excluding carboxylic acids is 1. The molecule has 160 valence electrons. The van der Waals surface area contributed by atoms with E-state index in [4.69, 9.17) is 9.47 Å². The van der Waals surface area contributed by atoms with Crippen molar-refractivity contribution in [3.8, 4) is 11.5 Å². The molecule has 6 nitrogen and oxygen atoms in total. The number of ether oxygens (including phenoxy) is 2. The fraction of sp³-hybridized carbons (Fsp3) is 0.458. The van der Waals surface area contributed by atoms with Gasteiger partial charge in [-0.3, -0.25) is 9.69 Å². The van der Waals surface area contributed by atoms with Crippen LogP contribution in [0.3, 0.4) is 0 Å². The van der Waals surface area contributed by atoms with Gasteiger partial charge in [0.2, 0.25) is 5.91 Å². The Hall–Kier alpha value is -2.73. The second-order valence-electron chi connectivity index (χ2n) is 8.09. The highest BCUT2D eigenvalue weighted by molar-refractivity contribution is 5.78. The van der Waals surface area contributed by atoms with Crippen molar-refractivity contribution >= 4 is 11.6 Å². The number of methoxy groups -OCH3 is 2.